The number of likely N-dealkylation sites (tertiary alicyclic amines) is 1. The fraction of sp³-hybridized carbons (Fsp3) is 0.643. The molecule has 0 radical (unpaired) electrons. The SMILES string of the molecule is Cc1nc(CCN)cc(NCCCN2CCCC2=O)n1. The van der Waals surface area contributed by atoms with Gasteiger partial charge in [0, 0.05) is 44.2 Å². The van der Waals surface area contributed by atoms with E-state index in [0.29, 0.717) is 13.0 Å². The molecule has 20 heavy (non-hydrogen) atoms. The summed E-state index contributed by atoms with van der Waals surface area (Å²) in [7, 11) is 0. The second kappa shape index (κ2) is 7.19. The molecule has 3 N–H and O–H groups in total. The van der Waals surface area contributed by atoms with Crippen LogP contribution in [-0.4, -0.2) is 47.0 Å². The first-order chi connectivity index (χ1) is 9.69. The minimum atomic E-state index is 0.285. The van der Waals surface area contributed by atoms with Gasteiger partial charge < -0.3 is 16.0 Å². The van der Waals surface area contributed by atoms with Crippen molar-refractivity contribution in [3.8, 4) is 0 Å². The number of nitrogens with two attached hydrogens (primary N) is 1. The summed E-state index contributed by atoms with van der Waals surface area (Å²) in [5.41, 5.74) is 6.52. The van der Waals surface area contributed by atoms with E-state index in [2.05, 4.69) is 15.3 Å². The minimum Gasteiger partial charge on any atom is -0.370 e. The van der Waals surface area contributed by atoms with E-state index in [0.717, 1.165) is 56.2 Å². The first-order valence-corrected chi connectivity index (χ1v) is 7.25. The maximum atomic E-state index is 11.5. The van der Waals surface area contributed by atoms with Crippen molar-refractivity contribution in [2.75, 3.05) is 31.5 Å². The number of anilines is 1. The number of aryl methyl sites for hydroxylation is 1. The zero-order valence-corrected chi connectivity index (χ0v) is 12.1. The molecule has 0 unspecified atom stereocenters. The molecule has 0 spiro atoms. The fourth-order valence-electron chi connectivity index (χ4n) is 2.42. The summed E-state index contributed by atoms with van der Waals surface area (Å²) in [6, 6.07) is 1.95. The van der Waals surface area contributed by atoms with Crippen LogP contribution in [0.2, 0.25) is 0 Å². The highest BCUT2D eigenvalue weighted by Gasteiger charge is 2.18. The number of amides is 1. The molecule has 0 bridgehead atoms. The molecule has 1 aliphatic rings. The Kier molecular flexibility index (Phi) is 5.29. The van der Waals surface area contributed by atoms with Gasteiger partial charge in [-0.1, -0.05) is 0 Å². The van der Waals surface area contributed by atoms with Gasteiger partial charge >= 0.3 is 0 Å². The Morgan fingerprint density at radius 2 is 2.30 bits per heavy atom. The predicted molar refractivity (Wildman–Crippen MR) is 78.4 cm³/mol. The monoisotopic (exact) mass is 277 g/mol. The van der Waals surface area contributed by atoms with E-state index in [1.54, 1.807) is 0 Å². The maximum Gasteiger partial charge on any atom is 0.222 e. The van der Waals surface area contributed by atoms with E-state index < -0.39 is 0 Å². The molecule has 0 atom stereocenters. The highest BCUT2D eigenvalue weighted by molar-refractivity contribution is 5.77. The summed E-state index contributed by atoms with van der Waals surface area (Å²) in [6.07, 6.45) is 3.40. The molecule has 1 amide bonds. The number of carbonyl (C=O) groups is 1. The van der Waals surface area contributed by atoms with E-state index in [1.807, 2.05) is 17.9 Å². The van der Waals surface area contributed by atoms with Crippen molar-refractivity contribution in [2.24, 2.45) is 5.73 Å². The third kappa shape index (κ3) is 4.16. The van der Waals surface area contributed by atoms with E-state index in [4.69, 9.17) is 5.73 Å². The Morgan fingerprint density at radius 3 is 3.00 bits per heavy atom. The zero-order valence-electron chi connectivity index (χ0n) is 12.1. The van der Waals surface area contributed by atoms with E-state index in [9.17, 15) is 4.79 Å². The lowest BCUT2D eigenvalue weighted by Gasteiger charge is -2.15. The van der Waals surface area contributed by atoms with Crippen LogP contribution in [0.15, 0.2) is 6.07 Å². The standard InChI is InChI=1S/C14H23N5O/c1-11-17-12(5-6-15)10-13(18-11)16-7-3-9-19-8-2-4-14(19)20/h10H,2-9,15H2,1H3,(H,16,17,18). The normalized spacial score (nSPS) is 14.9. The molecule has 0 aromatic carbocycles. The van der Waals surface area contributed by atoms with Crippen molar-refractivity contribution in [1.29, 1.82) is 0 Å². The molecule has 2 heterocycles. The third-order valence-corrected chi connectivity index (χ3v) is 3.37. The number of nitrogens with one attached hydrogen (secondary N) is 1. The van der Waals surface area contributed by atoms with Gasteiger partial charge in [0.05, 0.1) is 0 Å². The topological polar surface area (TPSA) is 84.1 Å². The third-order valence-electron chi connectivity index (χ3n) is 3.37. The molecular formula is C14H23N5O. The Labute approximate surface area is 119 Å². The van der Waals surface area contributed by atoms with Crippen LogP contribution < -0.4 is 11.1 Å². The van der Waals surface area contributed by atoms with Crippen molar-refractivity contribution in [1.82, 2.24) is 14.9 Å². The second-order valence-electron chi connectivity index (χ2n) is 5.10. The van der Waals surface area contributed by atoms with Gasteiger partial charge in [-0.05, 0) is 26.3 Å². The molecule has 110 valence electrons. The molecule has 1 aromatic heterocycles. The maximum absolute atomic E-state index is 11.5. The van der Waals surface area contributed by atoms with Crippen molar-refractivity contribution >= 4 is 11.7 Å². The minimum absolute atomic E-state index is 0.285. The van der Waals surface area contributed by atoms with Gasteiger partial charge in [-0.25, -0.2) is 9.97 Å². The van der Waals surface area contributed by atoms with Gasteiger partial charge in [-0.3, -0.25) is 4.79 Å². The van der Waals surface area contributed by atoms with Crippen LogP contribution in [0.1, 0.15) is 30.8 Å². The Balaban J connectivity index is 1.77. The Hall–Kier alpha value is -1.69. The summed E-state index contributed by atoms with van der Waals surface area (Å²) >= 11 is 0. The Bertz CT molecular complexity index is 463. The van der Waals surface area contributed by atoms with E-state index in [1.165, 1.54) is 0 Å². The van der Waals surface area contributed by atoms with Gasteiger partial charge in [-0.15, -0.1) is 0 Å². The number of nitrogens with zero attached hydrogens (tertiary/aromatic N) is 3. The number of aromatic nitrogens is 2. The van der Waals surface area contributed by atoms with Gasteiger partial charge in [0.15, 0.2) is 0 Å². The largest absolute Gasteiger partial charge is 0.370 e. The fourth-order valence-corrected chi connectivity index (χ4v) is 2.42. The molecule has 1 aliphatic heterocycles. The molecule has 2 rings (SSSR count). The first-order valence-electron chi connectivity index (χ1n) is 7.25. The van der Waals surface area contributed by atoms with Crippen LogP contribution >= 0.6 is 0 Å². The average Bonchev–Trinajstić information content (AvgIpc) is 2.80. The highest BCUT2D eigenvalue weighted by atomic mass is 16.2. The molecule has 1 fully saturated rings. The van der Waals surface area contributed by atoms with Gasteiger partial charge in [0.25, 0.3) is 0 Å². The van der Waals surface area contributed by atoms with Crippen molar-refractivity contribution in [2.45, 2.75) is 32.6 Å². The molecular weight excluding hydrogens is 254 g/mol. The van der Waals surface area contributed by atoms with Crippen LogP contribution in [-0.2, 0) is 11.2 Å². The summed E-state index contributed by atoms with van der Waals surface area (Å²) in [5, 5.41) is 3.29. The lowest BCUT2D eigenvalue weighted by Crippen LogP contribution is -2.27. The molecule has 1 saturated heterocycles. The number of hydrogen-bond acceptors (Lipinski definition) is 5. The predicted octanol–water partition coefficient (Wildman–Crippen LogP) is 0.711. The van der Waals surface area contributed by atoms with E-state index >= 15 is 0 Å². The van der Waals surface area contributed by atoms with Gasteiger partial charge in [0.2, 0.25) is 5.91 Å². The van der Waals surface area contributed by atoms with Crippen molar-refractivity contribution in [3.63, 3.8) is 0 Å². The molecule has 1 aromatic rings. The lowest BCUT2D eigenvalue weighted by molar-refractivity contribution is -0.127. The summed E-state index contributed by atoms with van der Waals surface area (Å²) in [4.78, 5) is 22.1. The quantitative estimate of drug-likeness (QED) is 0.717. The van der Waals surface area contributed by atoms with Crippen LogP contribution in [0.3, 0.4) is 0 Å². The summed E-state index contributed by atoms with van der Waals surface area (Å²) in [5.74, 6) is 1.88. The highest BCUT2D eigenvalue weighted by Crippen LogP contribution is 2.10. The van der Waals surface area contributed by atoms with Crippen LogP contribution in [0.5, 0.6) is 0 Å². The first kappa shape index (κ1) is 14.7. The van der Waals surface area contributed by atoms with Crippen molar-refractivity contribution in [3.05, 3.63) is 17.6 Å². The van der Waals surface area contributed by atoms with E-state index in [-0.39, 0.29) is 5.91 Å². The zero-order chi connectivity index (χ0) is 14.4. The van der Waals surface area contributed by atoms with Crippen molar-refractivity contribution < 1.29 is 4.79 Å². The summed E-state index contributed by atoms with van der Waals surface area (Å²) < 4.78 is 0. The van der Waals surface area contributed by atoms with Crippen LogP contribution in [0.25, 0.3) is 0 Å². The summed E-state index contributed by atoms with van der Waals surface area (Å²) in [6.45, 7) is 5.01. The lowest BCUT2D eigenvalue weighted by atomic mass is 10.3. The molecule has 6 nitrogen and oxygen atoms in total. The van der Waals surface area contributed by atoms with Crippen LogP contribution in [0.4, 0.5) is 5.82 Å². The number of hydrogen-bond donors (Lipinski definition) is 2. The molecule has 0 saturated carbocycles. The van der Waals surface area contributed by atoms with Gasteiger partial charge in [0.1, 0.15) is 11.6 Å². The average molecular weight is 277 g/mol. The van der Waals surface area contributed by atoms with Crippen LogP contribution in [0, 0.1) is 6.92 Å². The van der Waals surface area contributed by atoms with Gasteiger partial charge in [-0.2, -0.15) is 0 Å². The Morgan fingerprint density at radius 1 is 1.45 bits per heavy atom. The molecule has 6 heteroatoms. The number of carbonyl (C=O) groups excluding carboxylic acids is 1. The molecule has 0 aliphatic carbocycles. The smallest absolute Gasteiger partial charge is 0.222 e. The number of rotatable bonds is 7. The second-order valence-corrected chi connectivity index (χ2v) is 5.10.